The lowest BCUT2D eigenvalue weighted by atomic mass is 10.1. The Morgan fingerprint density at radius 3 is 2.83 bits per heavy atom. The molecule has 3 heterocycles. The van der Waals surface area contributed by atoms with Crippen molar-refractivity contribution in [3.63, 3.8) is 0 Å². The molecule has 0 bridgehead atoms. The summed E-state index contributed by atoms with van der Waals surface area (Å²) >= 11 is 1.59. The van der Waals surface area contributed by atoms with Gasteiger partial charge >= 0.3 is 0 Å². The lowest BCUT2D eigenvalue weighted by Crippen LogP contribution is -2.31. The molecule has 1 aliphatic rings. The number of hydrogen-bond donors (Lipinski definition) is 0. The molecule has 0 aliphatic carbocycles. The molecule has 0 unspecified atom stereocenters. The van der Waals surface area contributed by atoms with Gasteiger partial charge in [-0.2, -0.15) is 0 Å². The summed E-state index contributed by atoms with van der Waals surface area (Å²) < 4.78 is 0. The van der Waals surface area contributed by atoms with E-state index in [-0.39, 0.29) is 0 Å². The van der Waals surface area contributed by atoms with Crippen molar-refractivity contribution in [2.75, 3.05) is 12.8 Å². The minimum Gasteiger partial charge on any atom is -0.293 e. The van der Waals surface area contributed by atoms with Crippen molar-refractivity contribution in [3.8, 4) is 0 Å². The van der Waals surface area contributed by atoms with Crippen LogP contribution in [0.2, 0.25) is 0 Å². The van der Waals surface area contributed by atoms with Gasteiger partial charge < -0.3 is 0 Å². The van der Waals surface area contributed by atoms with E-state index in [0.29, 0.717) is 0 Å². The number of para-hydroxylation sites is 2. The molecule has 0 fully saturated rings. The second-order valence-electron chi connectivity index (χ2n) is 5.64. The van der Waals surface area contributed by atoms with Gasteiger partial charge in [0.2, 0.25) is 0 Å². The molecular weight excluding hydrogens is 306 g/mol. The minimum atomic E-state index is 0.807. The number of fused-ring (bicyclic) bond motifs is 2. The molecule has 0 N–H and O–H groups in total. The van der Waals surface area contributed by atoms with E-state index in [9.17, 15) is 0 Å². The average Bonchev–Trinajstić information content (AvgIpc) is 2.61. The minimum absolute atomic E-state index is 0.807. The van der Waals surface area contributed by atoms with Gasteiger partial charge in [-0.1, -0.05) is 23.9 Å². The number of thioether (sulfide) groups is 1. The van der Waals surface area contributed by atoms with E-state index in [1.54, 1.807) is 11.8 Å². The number of aromatic nitrogens is 4. The Balaban J connectivity index is 1.52. The van der Waals surface area contributed by atoms with Crippen LogP contribution in [0.4, 0.5) is 0 Å². The predicted molar refractivity (Wildman–Crippen MR) is 91.2 cm³/mol. The van der Waals surface area contributed by atoms with Crippen LogP contribution < -0.4 is 0 Å². The van der Waals surface area contributed by atoms with Crippen molar-refractivity contribution < 1.29 is 0 Å². The van der Waals surface area contributed by atoms with Gasteiger partial charge in [-0.15, -0.1) is 0 Å². The third kappa shape index (κ3) is 3.04. The highest BCUT2D eigenvalue weighted by molar-refractivity contribution is 7.98. The fourth-order valence-corrected chi connectivity index (χ4v) is 3.25. The molecule has 0 atom stereocenters. The molecule has 116 valence electrons. The van der Waals surface area contributed by atoms with E-state index in [4.69, 9.17) is 4.98 Å². The van der Waals surface area contributed by atoms with E-state index in [2.05, 4.69) is 19.9 Å². The summed E-state index contributed by atoms with van der Waals surface area (Å²) in [5.74, 6) is 0. The first-order chi connectivity index (χ1) is 11.3. The maximum atomic E-state index is 4.71. The molecule has 0 spiro atoms. The Morgan fingerprint density at radius 1 is 1.09 bits per heavy atom. The van der Waals surface area contributed by atoms with Crippen LogP contribution in [0.15, 0.2) is 41.8 Å². The molecule has 0 saturated heterocycles. The smallest absolute Gasteiger partial charge is 0.187 e. The zero-order valence-electron chi connectivity index (χ0n) is 12.9. The van der Waals surface area contributed by atoms with Crippen LogP contribution in [0.5, 0.6) is 0 Å². The average molecular weight is 323 g/mol. The van der Waals surface area contributed by atoms with Gasteiger partial charge in [0.1, 0.15) is 0 Å². The number of nitrogens with zero attached hydrogens (tertiary/aromatic N) is 5. The zero-order valence-corrected chi connectivity index (χ0v) is 13.8. The van der Waals surface area contributed by atoms with Gasteiger partial charge in [-0.3, -0.25) is 9.88 Å². The van der Waals surface area contributed by atoms with E-state index in [1.165, 1.54) is 11.3 Å². The molecule has 0 saturated carbocycles. The Kier molecular flexibility index (Phi) is 3.93. The van der Waals surface area contributed by atoms with E-state index in [1.807, 2.05) is 42.9 Å². The Labute approximate surface area is 139 Å². The maximum Gasteiger partial charge on any atom is 0.187 e. The molecule has 6 heteroatoms. The van der Waals surface area contributed by atoms with Crippen molar-refractivity contribution in [1.82, 2.24) is 24.8 Å². The Bertz CT molecular complexity index is 851. The first-order valence-electron chi connectivity index (χ1n) is 7.63. The molecule has 0 radical (unpaired) electrons. The molecular formula is C17H17N5S. The predicted octanol–water partition coefficient (Wildman–Crippen LogP) is 2.70. The topological polar surface area (TPSA) is 54.8 Å². The van der Waals surface area contributed by atoms with Crippen molar-refractivity contribution in [1.29, 1.82) is 0 Å². The fraction of sp³-hybridized carbons (Fsp3) is 0.294. The van der Waals surface area contributed by atoms with E-state index >= 15 is 0 Å². The normalized spacial score (nSPS) is 14.8. The Hall–Kier alpha value is -2.05. The Morgan fingerprint density at radius 2 is 1.96 bits per heavy atom. The molecule has 23 heavy (non-hydrogen) atoms. The lowest BCUT2D eigenvalue weighted by Gasteiger charge is -2.27. The first-order valence-corrected chi connectivity index (χ1v) is 8.86. The second-order valence-corrected chi connectivity index (χ2v) is 6.41. The van der Waals surface area contributed by atoms with E-state index < -0.39 is 0 Å². The molecule has 1 aliphatic heterocycles. The largest absolute Gasteiger partial charge is 0.293 e. The van der Waals surface area contributed by atoms with Crippen molar-refractivity contribution in [3.05, 3.63) is 53.6 Å². The highest BCUT2D eigenvalue weighted by atomic mass is 32.2. The van der Waals surface area contributed by atoms with E-state index in [0.717, 1.165) is 47.9 Å². The summed E-state index contributed by atoms with van der Waals surface area (Å²) in [7, 11) is 0. The molecule has 2 aromatic heterocycles. The third-order valence-corrected chi connectivity index (χ3v) is 4.62. The number of rotatable bonds is 3. The van der Waals surface area contributed by atoms with Gasteiger partial charge in [-0.05, 0) is 18.4 Å². The monoisotopic (exact) mass is 323 g/mol. The molecule has 3 aromatic rings. The van der Waals surface area contributed by atoms with Gasteiger partial charge in [-0.25, -0.2) is 15.0 Å². The summed E-state index contributed by atoms with van der Waals surface area (Å²) in [6.45, 7) is 2.67. The maximum absolute atomic E-state index is 4.71. The number of benzene rings is 1. The third-order valence-electron chi connectivity index (χ3n) is 4.06. The molecule has 0 amide bonds. The summed E-state index contributed by atoms with van der Waals surface area (Å²) in [5, 5.41) is 0.859. The quantitative estimate of drug-likeness (QED) is 0.546. The summed E-state index contributed by atoms with van der Waals surface area (Å²) in [5.41, 5.74) is 5.32. The van der Waals surface area contributed by atoms with Crippen molar-refractivity contribution in [2.45, 2.75) is 24.7 Å². The number of hydrogen-bond acceptors (Lipinski definition) is 6. The summed E-state index contributed by atoms with van der Waals surface area (Å²) in [6, 6.07) is 7.98. The van der Waals surface area contributed by atoms with Gasteiger partial charge in [0.25, 0.3) is 0 Å². The first kappa shape index (κ1) is 14.5. The van der Waals surface area contributed by atoms with Crippen molar-refractivity contribution >= 4 is 22.8 Å². The second kappa shape index (κ2) is 6.22. The highest BCUT2D eigenvalue weighted by Gasteiger charge is 2.19. The van der Waals surface area contributed by atoms with Crippen LogP contribution >= 0.6 is 11.8 Å². The summed E-state index contributed by atoms with van der Waals surface area (Å²) in [4.78, 5) is 20.6. The SMILES string of the molecule is CSc1ncc2c(n1)CCN(Cc1cnc3ccccc3n1)C2. The van der Waals surface area contributed by atoms with Crippen LogP contribution in [-0.4, -0.2) is 37.6 Å². The van der Waals surface area contributed by atoms with Crippen molar-refractivity contribution in [2.24, 2.45) is 0 Å². The summed E-state index contributed by atoms with van der Waals surface area (Å²) in [6.07, 6.45) is 6.82. The van der Waals surface area contributed by atoms with Crippen LogP contribution in [0, 0.1) is 0 Å². The highest BCUT2D eigenvalue weighted by Crippen LogP contribution is 2.20. The van der Waals surface area contributed by atoms with Gasteiger partial charge in [0.15, 0.2) is 5.16 Å². The van der Waals surface area contributed by atoms with Gasteiger partial charge in [0.05, 0.1) is 28.6 Å². The lowest BCUT2D eigenvalue weighted by molar-refractivity contribution is 0.239. The van der Waals surface area contributed by atoms with Crippen LogP contribution in [0.25, 0.3) is 11.0 Å². The van der Waals surface area contributed by atoms with Crippen LogP contribution in [0.3, 0.4) is 0 Å². The van der Waals surface area contributed by atoms with Crippen LogP contribution in [-0.2, 0) is 19.5 Å². The molecule has 1 aromatic carbocycles. The molecule has 4 rings (SSSR count). The fourth-order valence-electron chi connectivity index (χ4n) is 2.89. The van der Waals surface area contributed by atoms with Crippen LogP contribution in [0.1, 0.15) is 17.0 Å². The van der Waals surface area contributed by atoms with Gasteiger partial charge in [0, 0.05) is 37.8 Å². The zero-order chi connectivity index (χ0) is 15.6. The molecule has 5 nitrogen and oxygen atoms in total. The standard InChI is InChI=1S/C17H17N5S/c1-23-17-19-8-12-10-22(7-6-14(12)21-17)11-13-9-18-15-4-2-3-5-16(15)20-13/h2-5,8-9H,6-7,10-11H2,1H3.